The number of halogens is 1. The van der Waals surface area contributed by atoms with Gasteiger partial charge in [-0.05, 0) is 38.1 Å². The molecule has 2 rings (SSSR count). The first-order valence-corrected chi connectivity index (χ1v) is 10.1. The van der Waals surface area contributed by atoms with Gasteiger partial charge in [0, 0.05) is 31.7 Å². The normalized spacial score (nSPS) is 15.6. The third-order valence-corrected chi connectivity index (χ3v) is 6.19. The average Bonchev–Trinajstić information content (AvgIpc) is 2.91. The van der Waals surface area contributed by atoms with E-state index in [1.165, 1.54) is 23.5 Å². The molecule has 0 saturated carbocycles. The van der Waals surface area contributed by atoms with Crippen LogP contribution in [0.4, 0.5) is 0 Å². The first kappa shape index (κ1) is 22.7. The van der Waals surface area contributed by atoms with Gasteiger partial charge >= 0.3 is 0 Å². The summed E-state index contributed by atoms with van der Waals surface area (Å²) in [7, 11) is -0.462. The zero-order valence-electron chi connectivity index (χ0n) is 15.3. The van der Waals surface area contributed by atoms with Crippen LogP contribution in [-0.2, 0) is 10.0 Å². The lowest BCUT2D eigenvalue weighted by Crippen LogP contribution is -2.33. The highest BCUT2D eigenvalue weighted by molar-refractivity contribution is 7.89. The Morgan fingerprint density at radius 1 is 1.15 bits per heavy atom. The first-order valence-electron chi connectivity index (χ1n) is 8.61. The molecule has 0 bridgehead atoms. The maximum absolute atomic E-state index is 13.1. The van der Waals surface area contributed by atoms with Gasteiger partial charge in [0.1, 0.15) is 10.6 Å². The monoisotopic (exact) mass is 405 g/mol. The van der Waals surface area contributed by atoms with Crippen LogP contribution >= 0.6 is 12.4 Å². The summed E-state index contributed by atoms with van der Waals surface area (Å²) >= 11 is 0. The molecule has 1 aromatic rings. The van der Waals surface area contributed by atoms with Crippen molar-refractivity contribution in [2.24, 2.45) is 0 Å². The lowest BCUT2D eigenvalue weighted by molar-refractivity contribution is 0.0954. The number of carbonyl (C=O) groups excluding carboxylic acids is 1. The molecule has 26 heavy (non-hydrogen) atoms. The molecule has 7 nitrogen and oxygen atoms in total. The summed E-state index contributed by atoms with van der Waals surface area (Å²) in [5.74, 6) is -0.0405. The van der Waals surface area contributed by atoms with E-state index in [4.69, 9.17) is 4.74 Å². The smallest absolute Gasteiger partial charge is 0.251 e. The van der Waals surface area contributed by atoms with Crippen LogP contribution < -0.4 is 15.4 Å². The van der Waals surface area contributed by atoms with E-state index in [1.807, 2.05) is 0 Å². The summed E-state index contributed by atoms with van der Waals surface area (Å²) in [6, 6.07) is 4.53. The minimum Gasteiger partial charge on any atom is -0.495 e. The highest BCUT2D eigenvalue weighted by Gasteiger charge is 2.29. The summed E-state index contributed by atoms with van der Waals surface area (Å²) < 4.78 is 32.9. The fourth-order valence-electron chi connectivity index (χ4n) is 2.84. The van der Waals surface area contributed by atoms with Crippen molar-refractivity contribution in [1.82, 2.24) is 14.9 Å². The minimum absolute atomic E-state index is 0. The van der Waals surface area contributed by atoms with Gasteiger partial charge in [-0.1, -0.05) is 12.8 Å². The number of ether oxygens (including phenoxy) is 1. The molecule has 1 saturated heterocycles. The number of carbonyl (C=O) groups is 1. The molecule has 0 radical (unpaired) electrons. The summed E-state index contributed by atoms with van der Waals surface area (Å²) in [5, 5.41) is 5.69. The number of amides is 1. The van der Waals surface area contributed by atoms with Gasteiger partial charge in [0.2, 0.25) is 10.0 Å². The molecule has 1 aromatic carbocycles. The Morgan fingerprint density at radius 3 is 2.38 bits per heavy atom. The van der Waals surface area contributed by atoms with E-state index in [0.717, 1.165) is 25.7 Å². The van der Waals surface area contributed by atoms with E-state index < -0.39 is 10.0 Å². The predicted molar refractivity (Wildman–Crippen MR) is 104 cm³/mol. The summed E-state index contributed by atoms with van der Waals surface area (Å²) in [4.78, 5) is 12.3. The molecule has 2 N–H and O–H groups in total. The SMILES string of the molecule is CNCCNC(=O)c1ccc(OC)c(S(=O)(=O)N2CCCCCC2)c1.Cl. The topological polar surface area (TPSA) is 87.7 Å². The molecule has 0 spiro atoms. The Morgan fingerprint density at radius 2 is 1.81 bits per heavy atom. The Balaban J connectivity index is 0.00000338. The van der Waals surface area contributed by atoms with Gasteiger partial charge in [0.25, 0.3) is 5.91 Å². The van der Waals surface area contributed by atoms with Crippen LogP contribution in [0.2, 0.25) is 0 Å². The van der Waals surface area contributed by atoms with Crippen molar-refractivity contribution in [2.75, 3.05) is 40.3 Å². The highest BCUT2D eigenvalue weighted by Crippen LogP contribution is 2.29. The second-order valence-electron chi connectivity index (χ2n) is 6.04. The lowest BCUT2D eigenvalue weighted by atomic mass is 10.2. The third kappa shape index (κ3) is 5.57. The maximum Gasteiger partial charge on any atom is 0.251 e. The highest BCUT2D eigenvalue weighted by atomic mass is 35.5. The summed E-state index contributed by atoms with van der Waals surface area (Å²) in [6.45, 7) is 2.12. The van der Waals surface area contributed by atoms with Gasteiger partial charge in [-0.2, -0.15) is 4.31 Å². The second kappa shape index (κ2) is 10.7. The largest absolute Gasteiger partial charge is 0.495 e. The summed E-state index contributed by atoms with van der Waals surface area (Å²) in [5.41, 5.74) is 0.310. The number of rotatable bonds is 7. The first-order chi connectivity index (χ1) is 12.0. The molecule has 0 aromatic heterocycles. The van der Waals surface area contributed by atoms with Crippen molar-refractivity contribution < 1.29 is 17.9 Å². The van der Waals surface area contributed by atoms with Gasteiger partial charge in [-0.15, -0.1) is 12.4 Å². The van der Waals surface area contributed by atoms with E-state index in [-0.39, 0.29) is 29.0 Å². The third-order valence-electron chi connectivity index (χ3n) is 4.27. The number of methoxy groups -OCH3 is 1. The fraction of sp³-hybridized carbons (Fsp3) is 0.588. The van der Waals surface area contributed by atoms with E-state index in [1.54, 1.807) is 13.1 Å². The van der Waals surface area contributed by atoms with E-state index in [9.17, 15) is 13.2 Å². The average molecular weight is 406 g/mol. The standard InChI is InChI=1S/C17H27N3O4S.ClH/c1-18-9-10-19-17(21)14-7-8-15(24-2)16(13-14)25(22,23)20-11-5-3-4-6-12-20;/h7-8,13,18H,3-6,9-12H2,1-2H3,(H,19,21);1H. The van der Waals surface area contributed by atoms with E-state index in [2.05, 4.69) is 10.6 Å². The molecule has 0 aliphatic carbocycles. The second-order valence-corrected chi connectivity index (χ2v) is 7.95. The van der Waals surface area contributed by atoms with E-state index in [0.29, 0.717) is 31.7 Å². The number of likely N-dealkylation sites (N-methyl/N-ethyl adjacent to an activating group) is 1. The molecule has 0 atom stereocenters. The molecule has 9 heteroatoms. The Bertz CT molecular complexity index is 689. The zero-order valence-corrected chi connectivity index (χ0v) is 16.9. The van der Waals surface area contributed by atoms with Gasteiger partial charge in [0.05, 0.1) is 7.11 Å². The van der Waals surface area contributed by atoms with Crippen molar-refractivity contribution in [3.8, 4) is 5.75 Å². The molecule has 1 amide bonds. The van der Waals surface area contributed by atoms with Gasteiger partial charge in [-0.3, -0.25) is 4.79 Å². The fourth-order valence-corrected chi connectivity index (χ4v) is 4.54. The molecular formula is C17H28ClN3O4S. The molecule has 1 heterocycles. The van der Waals surface area contributed by atoms with Crippen molar-refractivity contribution in [3.63, 3.8) is 0 Å². The van der Waals surface area contributed by atoms with Crippen LogP contribution in [0.3, 0.4) is 0 Å². The van der Waals surface area contributed by atoms with Crippen LogP contribution in [0.15, 0.2) is 23.1 Å². The number of nitrogens with one attached hydrogen (secondary N) is 2. The maximum atomic E-state index is 13.1. The van der Waals surface area contributed by atoms with Crippen LogP contribution in [-0.4, -0.2) is 59.0 Å². The minimum atomic E-state index is -3.69. The van der Waals surface area contributed by atoms with Gasteiger partial charge < -0.3 is 15.4 Å². The van der Waals surface area contributed by atoms with E-state index >= 15 is 0 Å². The summed E-state index contributed by atoms with van der Waals surface area (Å²) in [6.07, 6.45) is 3.78. The van der Waals surface area contributed by atoms with Crippen molar-refractivity contribution in [2.45, 2.75) is 30.6 Å². The molecular weight excluding hydrogens is 378 g/mol. The zero-order chi connectivity index (χ0) is 18.3. The van der Waals surface area contributed by atoms with Gasteiger partial charge in [0.15, 0.2) is 0 Å². The van der Waals surface area contributed by atoms with Crippen molar-refractivity contribution in [3.05, 3.63) is 23.8 Å². The van der Waals surface area contributed by atoms with Crippen molar-refractivity contribution in [1.29, 1.82) is 0 Å². The number of sulfonamides is 1. The molecule has 0 unspecified atom stereocenters. The Hall–Kier alpha value is -1.35. The van der Waals surface area contributed by atoms with Crippen molar-refractivity contribution >= 4 is 28.3 Å². The number of hydrogen-bond donors (Lipinski definition) is 2. The number of nitrogens with zero attached hydrogens (tertiary/aromatic N) is 1. The molecule has 1 fully saturated rings. The number of hydrogen-bond acceptors (Lipinski definition) is 5. The van der Waals surface area contributed by atoms with Crippen LogP contribution in [0.1, 0.15) is 36.0 Å². The van der Waals surface area contributed by atoms with Gasteiger partial charge in [-0.25, -0.2) is 8.42 Å². The molecule has 1 aliphatic heterocycles. The predicted octanol–water partition coefficient (Wildman–Crippen LogP) is 1.63. The number of benzene rings is 1. The quantitative estimate of drug-likeness (QED) is 0.673. The Kier molecular flexibility index (Phi) is 9.35. The van der Waals surface area contributed by atoms with Crippen LogP contribution in [0, 0.1) is 0 Å². The molecule has 148 valence electrons. The van der Waals surface area contributed by atoms with Crippen LogP contribution in [0.25, 0.3) is 0 Å². The van der Waals surface area contributed by atoms with Crippen LogP contribution in [0.5, 0.6) is 5.75 Å². The Labute approximate surface area is 161 Å². The lowest BCUT2D eigenvalue weighted by Gasteiger charge is -2.21. The molecule has 1 aliphatic rings.